The number of anilines is 3. The molecule has 4 heteroatoms. The Morgan fingerprint density at radius 1 is 0.375 bits per heavy atom. The molecule has 0 unspecified atom stereocenters. The Morgan fingerprint density at radius 2 is 0.964 bits per heavy atom. The Hall–Kier alpha value is -7.14. The number of nitrogens with zero attached hydrogens (tertiary/aromatic N) is 3. The van der Waals surface area contributed by atoms with E-state index in [1.54, 1.807) is 0 Å². The van der Waals surface area contributed by atoms with Crippen LogP contribution in [0.4, 0.5) is 17.1 Å². The lowest BCUT2D eigenvalue weighted by molar-refractivity contribution is 1.29. The van der Waals surface area contributed by atoms with Gasteiger partial charge < -0.3 is 4.90 Å². The summed E-state index contributed by atoms with van der Waals surface area (Å²) in [6.45, 7) is 0. The Balaban J connectivity index is 1.15. The van der Waals surface area contributed by atoms with Crippen molar-refractivity contribution >= 4 is 81.1 Å². The van der Waals surface area contributed by atoms with E-state index in [0.29, 0.717) is 0 Å². The van der Waals surface area contributed by atoms with Crippen molar-refractivity contribution < 1.29 is 0 Å². The van der Waals surface area contributed by atoms with Gasteiger partial charge in [-0.2, -0.15) is 0 Å². The summed E-state index contributed by atoms with van der Waals surface area (Å²) in [6, 6.07) is 71.4. The maximum Gasteiger partial charge on any atom is 0.0979 e. The zero-order chi connectivity index (χ0) is 37.0. The monoisotopic (exact) mass is 731 g/mol. The van der Waals surface area contributed by atoms with Crippen LogP contribution < -0.4 is 4.90 Å². The molecule has 0 aliphatic carbocycles. The smallest absolute Gasteiger partial charge is 0.0979 e. The first kappa shape index (κ1) is 32.3. The first-order chi connectivity index (χ1) is 27.8. The lowest BCUT2D eigenvalue weighted by Crippen LogP contribution is -2.09. The molecule has 2 aromatic heterocycles. The molecule has 0 N–H and O–H groups in total. The van der Waals surface area contributed by atoms with Crippen molar-refractivity contribution in [3.63, 3.8) is 0 Å². The van der Waals surface area contributed by atoms with Gasteiger partial charge >= 0.3 is 0 Å². The Morgan fingerprint density at radius 3 is 1.66 bits per heavy atom. The van der Waals surface area contributed by atoms with Gasteiger partial charge in [-0.05, 0) is 81.9 Å². The summed E-state index contributed by atoms with van der Waals surface area (Å²) in [7, 11) is 0. The Kier molecular flexibility index (Phi) is 7.68. The van der Waals surface area contributed by atoms with Crippen molar-refractivity contribution in [1.29, 1.82) is 0 Å². The van der Waals surface area contributed by atoms with Gasteiger partial charge in [0.2, 0.25) is 0 Å². The second-order valence-electron chi connectivity index (χ2n) is 14.2. The summed E-state index contributed by atoms with van der Waals surface area (Å²) in [5.41, 5.74) is 11.4. The van der Waals surface area contributed by atoms with Crippen LogP contribution in [-0.2, 0) is 0 Å². The van der Waals surface area contributed by atoms with Crippen LogP contribution in [0.15, 0.2) is 200 Å². The molecule has 0 aliphatic heterocycles. The van der Waals surface area contributed by atoms with Crippen LogP contribution in [0.25, 0.3) is 86.4 Å². The van der Waals surface area contributed by atoms with Crippen LogP contribution >= 0.6 is 11.3 Å². The van der Waals surface area contributed by atoms with Gasteiger partial charge in [0.15, 0.2) is 0 Å². The molecular formula is C52H33N3S. The normalized spacial score (nSPS) is 11.6. The fraction of sp³-hybridized carbons (Fsp3) is 0. The maximum atomic E-state index is 5.47. The van der Waals surface area contributed by atoms with E-state index in [4.69, 9.17) is 9.97 Å². The number of benzene rings is 9. The molecule has 0 atom stereocenters. The highest BCUT2D eigenvalue weighted by Crippen LogP contribution is 2.46. The predicted octanol–water partition coefficient (Wildman–Crippen LogP) is 14.8. The summed E-state index contributed by atoms with van der Waals surface area (Å²) >= 11 is 1.86. The van der Waals surface area contributed by atoms with E-state index < -0.39 is 0 Å². The van der Waals surface area contributed by atoms with Crippen molar-refractivity contribution in [1.82, 2.24) is 9.97 Å². The minimum Gasteiger partial charge on any atom is -0.310 e. The number of aromatic nitrogens is 2. The average molecular weight is 732 g/mol. The largest absolute Gasteiger partial charge is 0.310 e. The van der Waals surface area contributed by atoms with Crippen molar-refractivity contribution in [3.05, 3.63) is 200 Å². The molecule has 11 rings (SSSR count). The summed E-state index contributed by atoms with van der Waals surface area (Å²) in [6.07, 6.45) is 0. The molecule has 0 bridgehead atoms. The van der Waals surface area contributed by atoms with Gasteiger partial charge in [-0.25, -0.2) is 9.97 Å². The van der Waals surface area contributed by atoms with Crippen molar-refractivity contribution in [2.24, 2.45) is 0 Å². The highest BCUT2D eigenvalue weighted by molar-refractivity contribution is 7.26. The summed E-state index contributed by atoms with van der Waals surface area (Å²) in [4.78, 5) is 13.1. The van der Waals surface area contributed by atoms with Gasteiger partial charge in [0.25, 0.3) is 0 Å². The molecule has 0 aliphatic rings. The summed E-state index contributed by atoms with van der Waals surface area (Å²) in [5, 5.41) is 7.16. The van der Waals surface area contributed by atoms with Crippen LogP contribution in [0.5, 0.6) is 0 Å². The summed E-state index contributed by atoms with van der Waals surface area (Å²) in [5.74, 6) is 0. The molecule has 2 heterocycles. The van der Waals surface area contributed by atoms with Crippen molar-refractivity contribution in [3.8, 4) is 33.6 Å². The van der Waals surface area contributed by atoms with Gasteiger partial charge in [0.05, 0.1) is 22.4 Å². The fourth-order valence-electron chi connectivity index (χ4n) is 8.23. The molecule has 11 aromatic rings. The third-order valence-corrected chi connectivity index (χ3v) is 11.9. The van der Waals surface area contributed by atoms with E-state index in [-0.39, 0.29) is 0 Å². The fourth-order valence-corrected chi connectivity index (χ4v) is 9.39. The van der Waals surface area contributed by atoms with Crippen LogP contribution in [0.2, 0.25) is 0 Å². The van der Waals surface area contributed by atoms with E-state index in [0.717, 1.165) is 66.8 Å². The SMILES string of the molecule is c1ccc(-c2nc3ccc4ccc5cc(-c6cc(N(c7ccccc7)c7ccccc7)cc7sc8ccccc8c67)ccc5c4c3nc2-c2ccccc2)cc1. The third-order valence-electron chi connectivity index (χ3n) is 10.8. The second kappa shape index (κ2) is 13.3. The van der Waals surface area contributed by atoms with Crippen molar-refractivity contribution in [2.45, 2.75) is 0 Å². The van der Waals surface area contributed by atoms with E-state index >= 15 is 0 Å². The molecule has 0 saturated heterocycles. The molecule has 0 radical (unpaired) electrons. The Bertz CT molecular complexity index is 3190. The van der Waals surface area contributed by atoms with Crippen LogP contribution in [0, 0.1) is 0 Å². The van der Waals surface area contributed by atoms with Gasteiger partial charge in [-0.15, -0.1) is 11.3 Å². The molecule has 9 aromatic carbocycles. The number of hydrogen-bond acceptors (Lipinski definition) is 4. The predicted molar refractivity (Wildman–Crippen MR) is 238 cm³/mol. The molecule has 3 nitrogen and oxygen atoms in total. The topological polar surface area (TPSA) is 29.0 Å². The minimum absolute atomic E-state index is 0.883. The first-order valence-electron chi connectivity index (χ1n) is 18.9. The lowest BCUT2D eigenvalue weighted by atomic mass is 9.93. The molecule has 0 saturated carbocycles. The van der Waals surface area contributed by atoms with Gasteiger partial charge in [-0.1, -0.05) is 146 Å². The van der Waals surface area contributed by atoms with E-state index in [9.17, 15) is 0 Å². The Labute approximate surface area is 328 Å². The number of rotatable bonds is 6. The van der Waals surface area contributed by atoms with Gasteiger partial charge in [-0.3, -0.25) is 0 Å². The average Bonchev–Trinajstić information content (AvgIpc) is 3.65. The van der Waals surface area contributed by atoms with Gasteiger partial charge in [0.1, 0.15) is 0 Å². The number of hydrogen-bond donors (Lipinski definition) is 0. The van der Waals surface area contributed by atoms with E-state index in [1.807, 2.05) is 23.5 Å². The summed E-state index contributed by atoms with van der Waals surface area (Å²) < 4.78 is 2.55. The second-order valence-corrected chi connectivity index (χ2v) is 15.2. The standard InChI is InChI=1S/C52H33N3S/c1-5-15-35(16-6-1)50-51(36-17-7-2-8-18-36)54-52-45(53-50)30-28-34-25-26-37-31-38(27-29-42(37)48(34)52)44-32-41(33-47-49(44)43-23-13-14-24-46(43)56-47)55(39-19-9-3-10-20-39)40-21-11-4-12-22-40/h1-33H. The zero-order valence-electron chi connectivity index (χ0n) is 30.3. The molecule has 262 valence electrons. The molecular weight excluding hydrogens is 699 g/mol. The highest BCUT2D eigenvalue weighted by Gasteiger charge is 2.20. The number of fused-ring (bicyclic) bond motifs is 8. The van der Waals surface area contributed by atoms with E-state index in [2.05, 4.69) is 193 Å². The number of para-hydroxylation sites is 2. The molecule has 0 fully saturated rings. The van der Waals surface area contributed by atoms with Gasteiger partial charge in [0, 0.05) is 53.7 Å². The minimum atomic E-state index is 0.883. The van der Waals surface area contributed by atoms with Crippen LogP contribution in [0.1, 0.15) is 0 Å². The molecule has 56 heavy (non-hydrogen) atoms. The van der Waals surface area contributed by atoms with Crippen LogP contribution in [-0.4, -0.2) is 9.97 Å². The molecule has 0 amide bonds. The van der Waals surface area contributed by atoms with E-state index in [1.165, 1.54) is 36.7 Å². The van der Waals surface area contributed by atoms with Crippen molar-refractivity contribution in [2.75, 3.05) is 4.90 Å². The number of thiophene rings is 1. The zero-order valence-corrected chi connectivity index (χ0v) is 31.1. The quantitative estimate of drug-likeness (QED) is 0.159. The maximum absolute atomic E-state index is 5.47. The molecule has 0 spiro atoms. The highest BCUT2D eigenvalue weighted by atomic mass is 32.1. The third kappa shape index (κ3) is 5.42. The lowest BCUT2D eigenvalue weighted by Gasteiger charge is -2.26. The van der Waals surface area contributed by atoms with Crippen LogP contribution in [0.3, 0.4) is 0 Å². The first-order valence-corrected chi connectivity index (χ1v) is 19.7.